The number of benzene rings is 2. The van der Waals surface area contributed by atoms with E-state index in [1.807, 2.05) is 6.92 Å². The Labute approximate surface area is 179 Å². The molecule has 2 aromatic carbocycles. The third-order valence-electron chi connectivity index (χ3n) is 5.32. The maximum Gasteiger partial charge on any atom is 0.416 e. The van der Waals surface area contributed by atoms with E-state index in [4.69, 9.17) is 4.52 Å². The average molecular weight is 444 g/mol. The Morgan fingerprint density at radius 1 is 1.09 bits per heavy atom. The van der Waals surface area contributed by atoms with E-state index in [0.717, 1.165) is 12.1 Å². The minimum absolute atomic E-state index is 0.0269. The summed E-state index contributed by atoms with van der Waals surface area (Å²) in [4.78, 5) is 30.2. The summed E-state index contributed by atoms with van der Waals surface area (Å²) in [5.41, 5.74) is -1.20. The Balaban J connectivity index is 1.78. The Hall–Kier alpha value is -3.69. The lowest BCUT2D eigenvalue weighted by Crippen LogP contribution is -2.41. The number of hydrogen-bond acceptors (Lipinski definition) is 5. The molecule has 0 unspecified atom stereocenters. The van der Waals surface area contributed by atoms with Crippen molar-refractivity contribution in [2.75, 3.05) is 0 Å². The quantitative estimate of drug-likeness (QED) is 0.460. The van der Waals surface area contributed by atoms with Crippen molar-refractivity contribution in [2.45, 2.75) is 39.0 Å². The number of aromatic nitrogens is 4. The molecular formula is C22H19F3N4O3. The van der Waals surface area contributed by atoms with Crippen LogP contribution >= 0.6 is 0 Å². The fourth-order valence-electron chi connectivity index (χ4n) is 3.47. The third-order valence-corrected chi connectivity index (χ3v) is 5.32. The van der Waals surface area contributed by atoms with Crippen molar-refractivity contribution in [1.82, 2.24) is 19.3 Å². The van der Waals surface area contributed by atoms with Gasteiger partial charge in [0.15, 0.2) is 0 Å². The zero-order valence-electron chi connectivity index (χ0n) is 17.3. The number of nitrogens with zero attached hydrogens (tertiary/aromatic N) is 4. The molecule has 4 rings (SSSR count). The van der Waals surface area contributed by atoms with Gasteiger partial charge in [0.2, 0.25) is 11.7 Å². The lowest BCUT2D eigenvalue weighted by Gasteiger charge is -2.16. The van der Waals surface area contributed by atoms with Crippen LogP contribution in [0.5, 0.6) is 0 Å². The van der Waals surface area contributed by atoms with E-state index in [1.165, 1.54) is 21.3 Å². The molecule has 0 aliphatic rings. The highest BCUT2D eigenvalue weighted by Crippen LogP contribution is 2.31. The van der Waals surface area contributed by atoms with Crippen molar-refractivity contribution in [3.8, 4) is 11.4 Å². The van der Waals surface area contributed by atoms with E-state index in [1.54, 1.807) is 31.2 Å². The first-order chi connectivity index (χ1) is 15.2. The minimum Gasteiger partial charge on any atom is -0.337 e. The Kier molecular flexibility index (Phi) is 5.45. The smallest absolute Gasteiger partial charge is 0.337 e. The highest BCUT2D eigenvalue weighted by atomic mass is 19.4. The first-order valence-electron chi connectivity index (χ1n) is 9.95. The standard InChI is InChI=1S/C22H19F3N4O3/c1-3-13(2)29-20(30)16-9-4-5-10-17(16)28(21(29)31)12-18-26-19(27-32-18)14-7-6-8-15(11-14)22(23,24)25/h4-11,13H,3,12H2,1-2H3/t13-/m0/s1. The predicted octanol–water partition coefficient (Wildman–Crippen LogP) is 4.25. The number of alkyl halides is 3. The SMILES string of the molecule is CC[C@H](C)n1c(=O)c2ccccc2n(Cc2nc(-c3cccc(C(F)(F)F)c3)no2)c1=O. The van der Waals surface area contributed by atoms with Crippen LogP contribution in [0.15, 0.2) is 62.6 Å². The van der Waals surface area contributed by atoms with Gasteiger partial charge < -0.3 is 4.52 Å². The van der Waals surface area contributed by atoms with E-state index < -0.39 is 17.4 Å². The van der Waals surface area contributed by atoms with Crippen LogP contribution in [-0.4, -0.2) is 19.3 Å². The molecule has 0 N–H and O–H groups in total. The average Bonchev–Trinajstić information content (AvgIpc) is 3.25. The predicted molar refractivity (Wildman–Crippen MR) is 111 cm³/mol. The summed E-state index contributed by atoms with van der Waals surface area (Å²) in [5.74, 6) is -0.00211. The topological polar surface area (TPSA) is 82.9 Å². The molecule has 2 heterocycles. The summed E-state index contributed by atoms with van der Waals surface area (Å²) >= 11 is 0. The first kappa shape index (κ1) is 21.5. The molecule has 166 valence electrons. The molecule has 7 nitrogen and oxygen atoms in total. The molecule has 10 heteroatoms. The fourth-order valence-corrected chi connectivity index (χ4v) is 3.47. The van der Waals surface area contributed by atoms with Gasteiger partial charge in [-0.2, -0.15) is 18.2 Å². The second kappa shape index (κ2) is 8.10. The number of fused-ring (bicyclic) bond motifs is 1. The molecule has 1 atom stereocenters. The second-order valence-corrected chi connectivity index (χ2v) is 7.41. The van der Waals surface area contributed by atoms with Gasteiger partial charge >= 0.3 is 11.9 Å². The second-order valence-electron chi connectivity index (χ2n) is 7.41. The summed E-state index contributed by atoms with van der Waals surface area (Å²) in [5, 5.41) is 4.14. The highest BCUT2D eigenvalue weighted by molar-refractivity contribution is 5.77. The molecule has 0 aliphatic carbocycles. The van der Waals surface area contributed by atoms with Crippen LogP contribution in [0.4, 0.5) is 13.2 Å². The van der Waals surface area contributed by atoms with Crippen molar-refractivity contribution in [3.63, 3.8) is 0 Å². The maximum absolute atomic E-state index is 13.2. The molecule has 4 aromatic rings. The van der Waals surface area contributed by atoms with Gasteiger partial charge in [0.25, 0.3) is 5.56 Å². The van der Waals surface area contributed by atoms with Crippen LogP contribution in [0.3, 0.4) is 0 Å². The van der Waals surface area contributed by atoms with Gasteiger partial charge in [-0.25, -0.2) is 4.79 Å². The molecule has 32 heavy (non-hydrogen) atoms. The summed E-state index contributed by atoms with van der Waals surface area (Å²) in [6.07, 6.45) is -3.92. The highest BCUT2D eigenvalue weighted by Gasteiger charge is 2.30. The van der Waals surface area contributed by atoms with Gasteiger partial charge in [-0.05, 0) is 37.6 Å². The minimum atomic E-state index is -4.50. The van der Waals surface area contributed by atoms with Crippen molar-refractivity contribution in [2.24, 2.45) is 0 Å². The summed E-state index contributed by atoms with van der Waals surface area (Å²) in [6.45, 7) is 3.51. The van der Waals surface area contributed by atoms with Crippen LogP contribution in [0.2, 0.25) is 0 Å². The molecule has 2 aromatic heterocycles. The largest absolute Gasteiger partial charge is 0.416 e. The molecule has 0 radical (unpaired) electrons. The van der Waals surface area contributed by atoms with E-state index in [2.05, 4.69) is 10.1 Å². The number of para-hydroxylation sites is 1. The molecular weight excluding hydrogens is 425 g/mol. The van der Waals surface area contributed by atoms with Gasteiger partial charge in [0, 0.05) is 11.6 Å². The van der Waals surface area contributed by atoms with Crippen molar-refractivity contribution >= 4 is 10.9 Å². The van der Waals surface area contributed by atoms with Gasteiger partial charge in [0.05, 0.1) is 16.5 Å². The molecule has 0 saturated heterocycles. The lowest BCUT2D eigenvalue weighted by molar-refractivity contribution is -0.137. The zero-order valence-corrected chi connectivity index (χ0v) is 17.3. The summed E-state index contributed by atoms with van der Waals surface area (Å²) in [6, 6.07) is 10.9. The molecule has 0 fully saturated rings. The van der Waals surface area contributed by atoms with E-state index in [9.17, 15) is 22.8 Å². The van der Waals surface area contributed by atoms with Gasteiger partial charge in [-0.3, -0.25) is 13.9 Å². The van der Waals surface area contributed by atoms with Gasteiger partial charge in [0.1, 0.15) is 6.54 Å². The summed E-state index contributed by atoms with van der Waals surface area (Å²) in [7, 11) is 0. The molecule has 0 aliphatic heterocycles. The molecule has 0 saturated carbocycles. The van der Waals surface area contributed by atoms with Gasteiger partial charge in [-0.15, -0.1) is 0 Å². The van der Waals surface area contributed by atoms with Crippen molar-refractivity contribution in [3.05, 3.63) is 80.8 Å². The number of rotatable bonds is 5. The van der Waals surface area contributed by atoms with E-state index >= 15 is 0 Å². The van der Waals surface area contributed by atoms with Crippen LogP contribution in [0, 0.1) is 0 Å². The fraction of sp³-hybridized carbons (Fsp3) is 0.273. The van der Waals surface area contributed by atoms with Gasteiger partial charge in [-0.1, -0.05) is 36.3 Å². The summed E-state index contributed by atoms with van der Waals surface area (Å²) < 4.78 is 46.8. The maximum atomic E-state index is 13.2. The zero-order chi connectivity index (χ0) is 23.0. The van der Waals surface area contributed by atoms with Crippen LogP contribution in [-0.2, 0) is 12.7 Å². The molecule has 0 bridgehead atoms. The van der Waals surface area contributed by atoms with Crippen LogP contribution < -0.4 is 11.2 Å². The molecule has 0 spiro atoms. The van der Waals surface area contributed by atoms with Crippen LogP contribution in [0.1, 0.15) is 37.8 Å². The third kappa shape index (κ3) is 3.83. The Morgan fingerprint density at radius 3 is 2.56 bits per heavy atom. The van der Waals surface area contributed by atoms with Crippen molar-refractivity contribution in [1.29, 1.82) is 0 Å². The van der Waals surface area contributed by atoms with E-state index in [-0.39, 0.29) is 35.4 Å². The van der Waals surface area contributed by atoms with E-state index in [0.29, 0.717) is 17.3 Å². The monoisotopic (exact) mass is 444 g/mol. The normalized spacial score (nSPS) is 12.9. The number of hydrogen-bond donors (Lipinski definition) is 0. The van der Waals surface area contributed by atoms with Crippen LogP contribution in [0.25, 0.3) is 22.3 Å². The first-order valence-corrected chi connectivity index (χ1v) is 9.95. The Bertz CT molecular complexity index is 1400. The molecule has 0 amide bonds. The number of halogens is 3. The lowest BCUT2D eigenvalue weighted by atomic mass is 10.1. The van der Waals surface area contributed by atoms with Crippen molar-refractivity contribution < 1.29 is 17.7 Å². The Morgan fingerprint density at radius 2 is 1.84 bits per heavy atom.